The molecule has 1 saturated heterocycles. The average molecular weight is 473 g/mol. The zero-order chi connectivity index (χ0) is 24.8. The summed E-state index contributed by atoms with van der Waals surface area (Å²) in [6.07, 6.45) is 3.01. The summed E-state index contributed by atoms with van der Waals surface area (Å²) in [4.78, 5) is 57.8. The first-order chi connectivity index (χ1) is 17.0. The molecule has 1 aromatic heterocycles. The van der Waals surface area contributed by atoms with Gasteiger partial charge in [0.25, 0.3) is 5.91 Å². The molecular formula is C26H24N4O5. The molecule has 2 aromatic carbocycles. The van der Waals surface area contributed by atoms with Crippen molar-refractivity contribution < 1.29 is 23.9 Å². The number of para-hydroxylation sites is 1. The maximum absolute atomic E-state index is 13.3. The summed E-state index contributed by atoms with van der Waals surface area (Å²) in [7, 11) is 0. The molecule has 4 amide bonds. The third kappa shape index (κ3) is 5.35. The van der Waals surface area contributed by atoms with Crippen LogP contribution in [0.3, 0.4) is 0 Å². The van der Waals surface area contributed by atoms with E-state index < -0.39 is 29.9 Å². The molecule has 1 fully saturated rings. The summed E-state index contributed by atoms with van der Waals surface area (Å²) in [5.74, 6) is -1.36. The molecule has 0 aliphatic carbocycles. The molecule has 9 heteroatoms. The highest BCUT2D eigenvalue weighted by molar-refractivity contribution is 6.22. The predicted octanol–water partition coefficient (Wildman–Crippen LogP) is 3.62. The van der Waals surface area contributed by atoms with Crippen molar-refractivity contribution in [2.24, 2.45) is 0 Å². The lowest BCUT2D eigenvalue weighted by atomic mass is 10.1. The monoisotopic (exact) mass is 472 g/mol. The maximum atomic E-state index is 13.3. The number of imide groups is 1. The Morgan fingerprint density at radius 3 is 2.40 bits per heavy atom. The van der Waals surface area contributed by atoms with Crippen molar-refractivity contribution in [3.05, 3.63) is 90.3 Å². The van der Waals surface area contributed by atoms with Gasteiger partial charge in [-0.05, 0) is 55.0 Å². The van der Waals surface area contributed by atoms with E-state index in [1.165, 1.54) is 4.90 Å². The van der Waals surface area contributed by atoms with Crippen LogP contribution in [0, 0.1) is 0 Å². The van der Waals surface area contributed by atoms with Crippen LogP contribution in [0.25, 0.3) is 0 Å². The Hall–Kier alpha value is -4.53. The Morgan fingerprint density at radius 2 is 1.74 bits per heavy atom. The molecule has 0 spiro atoms. The molecule has 1 aliphatic rings. The number of ether oxygens (including phenoxy) is 1. The van der Waals surface area contributed by atoms with E-state index in [4.69, 9.17) is 4.74 Å². The molecule has 0 saturated carbocycles. The largest absolute Gasteiger partial charge is 0.462 e. The smallest absolute Gasteiger partial charge is 0.338 e. The lowest BCUT2D eigenvalue weighted by Crippen LogP contribution is -2.37. The Balaban J connectivity index is 1.52. The van der Waals surface area contributed by atoms with Gasteiger partial charge in [-0.2, -0.15) is 0 Å². The summed E-state index contributed by atoms with van der Waals surface area (Å²) in [6, 6.07) is 16.9. The van der Waals surface area contributed by atoms with Crippen molar-refractivity contribution in [2.45, 2.75) is 25.9 Å². The van der Waals surface area contributed by atoms with Crippen LogP contribution in [0.15, 0.2) is 79.1 Å². The van der Waals surface area contributed by atoms with E-state index in [0.29, 0.717) is 16.9 Å². The maximum Gasteiger partial charge on any atom is 0.338 e. The van der Waals surface area contributed by atoms with Crippen LogP contribution in [0.1, 0.15) is 29.3 Å². The first kappa shape index (κ1) is 23.6. The number of aromatic nitrogens is 1. The Kier molecular flexibility index (Phi) is 7.15. The molecule has 1 N–H and O–H groups in total. The van der Waals surface area contributed by atoms with Crippen LogP contribution < -0.4 is 10.2 Å². The van der Waals surface area contributed by atoms with E-state index in [1.807, 2.05) is 0 Å². The number of amides is 4. The number of urea groups is 1. The van der Waals surface area contributed by atoms with E-state index in [-0.39, 0.29) is 19.6 Å². The lowest BCUT2D eigenvalue weighted by Gasteiger charge is -2.21. The molecule has 2 heterocycles. The number of benzene rings is 2. The number of pyridine rings is 1. The number of carbonyl (C=O) groups is 4. The van der Waals surface area contributed by atoms with Gasteiger partial charge in [0, 0.05) is 24.6 Å². The minimum absolute atomic E-state index is 0.133. The van der Waals surface area contributed by atoms with Crippen LogP contribution in [0.5, 0.6) is 0 Å². The third-order valence-electron chi connectivity index (χ3n) is 5.47. The van der Waals surface area contributed by atoms with Crippen molar-refractivity contribution in [1.29, 1.82) is 0 Å². The number of anilines is 2. The van der Waals surface area contributed by atoms with Crippen molar-refractivity contribution >= 4 is 35.2 Å². The predicted molar refractivity (Wildman–Crippen MR) is 129 cm³/mol. The van der Waals surface area contributed by atoms with Gasteiger partial charge in [-0.15, -0.1) is 0 Å². The average Bonchev–Trinajstić information content (AvgIpc) is 3.09. The van der Waals surface area contributed by atoms with Crippen LogP contribution in [0.2, 0.25) is 0 Å². The Bertz CT molecular complexity index is 1220. The van der Waals surface area contributed by atoms with Crippen LogP contribution >= 0.6 is 0 Å². The quantitative estimate of drug-likeness (QED) is 0.396. The van der Waals surface area contributed by atoms with E-state index in [1.54, 1.807) is 86.0 Å². The van der Waals surface area contributed by atoms with Gasteiger partial charge in [-0.25, -0.2) is 14.5 Å². The minimum atomic E-state index is -0.985. The van der Waals surface area contributed by atoms with Crippen LogP contribution in [-0.2, 0) is 20.9 Å². The SMILES string of the molecule is CCOC(=O)c1ccc(NC(=O)C[C@@H]2C(=O)N(c3ccccc3)C(=O)N2Cc2cccnc2)cc1. The summed E-state index contributed by atoms with van der Waals surface area (Å²) in [6.45, 7) is 2.12. The van der Waals surface area contributed by atoms with E-state index in [9.17, 15) is 19.2 Å². The fraction of sp³-hybridized carbons (Fsp3) is 0.192. The van der Waals surface area contributed by atoms with Crippen LogP contribution in [-0.4, -0.2) is 46.3 Å². The Labute approximate surface area is 202 Å². The normalized spacial score (nSPS) is 15.3. The highest BCUT2D eigenvalue weighted by Crippen LogP contribution is 2.28. The van der Waals surface area contributed by atoms with E-state index in [0.717, 1.165) is 10.5 Å². The van der Waals surface area contributed by atoms with E-state index in [2.05, 4.69) is 10.3 Å². The first-order valence-corrected chi connectivity index (χ1v) is 11.1. The number of hydrogen-bond donors (Lipinski definition) is 1. The highest BCUT2D eigenvalue weighted by atomic mass is 16.5. The second-order valence-electron chi connectivity index (χ2n) is 7.85. The van der Waals surface area contributed by atoms with E-state index >= 15 is 0 Å². The molecule has 0 unspecified atom stereocenters. The molecule has 35 heavy (non-hydrogen) atoms. The lowest BCUT2D eigenvalue weighted by molar-refractivity contribution is -0.124. The number of carbonyl (C=O) groups excluding carboxylic acids is 4. The van der Waals surface area contributed by atoms with Gasteiger partial charge in [0.1, 0.15) is 6.04 Å². The zero-order valence-electron chi connectivity index (χ0n) is 19.1. The minimum Gasteiger partial charge on any atom is -0.462 e. The van der Waals surface area contributed by atoms with Crippen molar-refractivity contribution in [3.8, 4) is 0 Å². The summed E-state index contributed by atoms with van der Waals surface area (Å²) >= 11 is 0. The molecular weight excluding hydrogens is 448 g/mol. The fourth-order valence-corrected chi connectivity index (χ4v) is 3.81. The summed E-state index contributed by atoms with van der Waals surface area (Å²) in [5, 5.41) is 2.73. The highest BCUT2D eigenvalue weighted by Gasteiger charge is 2.46. The standard InChI is InChI=1S/C26H24N4O5/c1-2-35-25(33)19-10-12-20(13-11-19)28-23(31)15-22-24(32)30(21-8-4-3-5-9-21)26(34)29(22)17-18-7-6-14-27-16-18/h3-14,16,22H,2,15,17H2,1H3,(H,28,31)/t22-/m1/s1. The van der Waals surface area contributed by atoms with Gasteiger partial charge in [0.05, 0.1) is 24.3 Å². The molecule has 0 radical (unpaired) electrons. The topological polar surface area (TPSA) is 109 Å². The summed E-state index contributed by atoms with van der Waals surface area (Å²) < 4.78 is 4.96. The second kappa shape index (κ2) is 10.6. The fourth-order valence-electron chi connectivity index (χ4n) is 3.81. The van der Waals surface area contributed by atoms with Gasteiger partial charge in [-0.1, -0.05) is 24.3 Å². The molecule has 1 atom stereocenters. The van der Waals surface area contributed by atoms with Gasteiger partial charge >= 0.3 is 12.0 Å². The van der Waals surface area contributed by atoms with Crippen molar-refractivity contribution in [2.75, 3.05) is 16.8 Å². The molecule has 1 aliphatic heterocycles. The molecule has 9 nitrogen and oxygen atoms in total. The van der Waals surface area contributed by atoms with Crippen LogP contribution in [0.4, 0.5) is 16.2 Å². The second-order valence-corrected chi connectivity index (χ2v) is 7.85. The number of hydrogen-bond acceptors (Lipinski definition) is 6. The third-order valence-corrected chi connectivity index (χ3v) is 5.47. The molecule has 4 rings (SSSR count). The van der Waals surface area contributed by atoms with Crippen molar-refractivity contribution in [1.82, 2.24) is 9.88 Å². The number of esters is 1. The number of rotatable bonds is 8. The summed E-state index contributed by atoms with van der Waals surface area (Å²) in [5.41, 5.74) is 2.00. The van der Waals surface area contributed by atoms with Crippen molar-refractivity contribution in [3.63, 3.8) is 0 Å². The van der Waals surface area contributed by atoms with Gasteiger partial charge < -0.3 is 15.0 Å². The molecule has 178 valence electrons. The number of nitrogens with zero attached hydrogens (tertiary/aromatic N) is 3. The van der Waals surface area contributed by atoms with Gasteiger partial charge in [-0.3, -0.25) is 14.6 Å². The Morgan fingerprint density at radius 1 is 1.00 bits per heavy atom. The first-order valence-electron chi connectivity index (χ1n) is 11.1. The van der Waals surface area contributed by atoms with Gasteiger partial charge in [0.2, 0.25) is 5.91 Å². The van der Waals surface area contributed by atoms with Gasteiger partial charge in [0.15, 0.2) is 0 Å². The number of nitrogens with one attached hydrogen (secondary N) is 1. The zero-order valence-corrected chi connectivity index (χ0v) is 19.1. The molecule has 3 aromatic rings. The molecule has 0 bridgehead atoms.